The van der Waals surface area contributed by atoms with Crippen molar-refractivity contribution in [3.8, 4) is 0 Å². The summed E-state index contributed by atoms with van der Waals surface area (Å²) in [5.74, 6) is 0.266. The molecule has 4 atom stereocenters. The number of nitrogens with zero attached hydrogens (tertiary/aromatic N) is 1. The van der Waals surface area contributed by atoms with Gasteiger partial charge >= 0.3 is 0 Å². The number of aliphatic hydroxyl groups excluding tert-OH is 2. The van der Waals surface area contributed by atoms with Crippen LogP contribution in [0.15, 0.2) is 23.8 Å². The summed E-state index contributed by atoms with van der Waals surface area (Å²) in [6.45, 7) is 4.00. The van der Waals surface area contributed by atoms with Crippen molar-refractivity contribution in [2.45, 2.75) is 45.1 Å². The van der Waals surface area contributed by atoms with E-state index in [0.717, 1.165) is 12.0 Å². The van der Waals surface area contributed by atoms with E-state index >= 15 is 0 Å². The van der Waals surface area contributed by atoms with Gasteiger partial charge in [-0.15, -0.1) is 0 Å². The Morgan fingerprint density at radius 2 is 2.18 bits per heavy atom. The highest BCUT2D eigenvalue weighted by molar-refractivity contribution is 5.80. The van der Waals surface area contributed by atoms with Crippen LogP contribution >= 0.6 is 0 Å². The van der Waals surface area contributed by atoms with Crippen molar-refractivity contribution in [3.05, 3.63) is 23.8 Å². The molecular formula is C13H19NO3. The minimum atomic E-state index is -1.08. The van der Waals surface area contributed by atoms with Gasteiger partial charge in [-0.25, -0.2) is 0 Å². The molecule has 2 N–H and O–H groups in total. The first-order chi connectivity index (χ1) is 8.00. The second-order valence-electron chi connectivity index (χ2n) is 4.94. The van der Waals surface area contributed by atoms with E-state index in [-0.39, 0.29) is 18.4 Å². The first-order valence-corrected chi connectivity index (χ1v) is 6.06. The summed E-state index contributed by atoms with van der Waals surface area (Å²) in [5, 5.41) is 19.3. The van der Waals surface area contributed by atoms with E-state index in [9.17, 15) is 15.0 Å². The summed E-state index contributed by atoms with van der Waals surface area (Å²) in [6, 6.07) is -0.186. The number of hydrogen-bond donors (Lipinski definition) is 2. The summed E-state index contributed by atoms with van der Waals surface area (Å²) < 4.78 is 0. The monoisotopic (exact) mass is 237 g/mol. The normalized spacial score (nSPS) is 35.1. The van der Waals surface area contributed by atoms with Gasteiger partial charge in [0.1, 0.15) is 6.10 Å². The number of amides is 1. The summed E-state index contributed by atoms with van der Waals surface area (Å²) >= 11 is 0. The van der Waals surface area contributed by atoms with Crippen LogP contribution in [-0.4, -0.2) is 39.4 Å². The molecule has 4 nitrogen and oxygen atoms in total. The topological polar surface area (TPSA) is 60.8 Å². The minimum absolute atomic E-state index is 0.0120. The quantitative estimate of drug-likeness (QED) is 0.747. The van der Waals surface area contributed by atoms with Gasteiger partial charge in [0.2, 0.25) is 5.91 Å². The highest BCUT2D eigenvalue weighted by Gasteiger charge is 2.40. The van der Waals surface area contributed by atoms with Crippen molar-refractivity contribution in [2.24, 2.45) is 5.92 Å². The smallest absolute Gasteiger partial charge is 0.227 e. The van der Waals surface area contributed by atoms with Gasteiger partial charge in [0.05, 0.1) is 12.5 Å². The fraction of sp³-hybridized carbons (Fsp3) is 0.615. The molecule has 0 aromatic rings. The van der Waals surface area contributed by atoms with E-state index in [1.54, 1.807) is 0 Å². The first-order valence-electron chi connectivity index (χ1n) is 6.06. The Morgan fingerprint density at radius 3 is 2.71 bits per heavy atom. The summed E-state index contributed by atoms with van der Waals surface area (Å²) in [5.41, 5.74) is 1.03. The van der Waals surface area contributed by atoms with Crippen LogP contribution in [0.4, 0.5) is 0 Å². The van der Waals surface area contributed by atoms with Crippen LogP contribution in [0.5, 0.6) is 0 Å². The largest absolute Gasteiger partial charge is 0.388 e. The van der Waals surface area contributed by atoms with Crippen molar-refractivity contribution in [3.63, 3.8) is 0 Å². The molecule has 4 heteroatoms. The van der Waals surface area contributed by atoms with Gasteiger partial charge in [-0.05, 0) is 24.8 Å². The lowest BCUT2D eigenvalue weighted by Crippen LogP contribution is -2.43. The maximum Gasteiger partial charge on any atom is 0.227 e. The molecule has 2 aliphatic rings. The summed E-state index contributed by atoms with van der Waals surface area (Å²) in [7, 11) is 0. The molecule has 2 unspecified atom stereocenters. The van der Waals surface area contributed by atoms with E-state index in [4.69, 9.17) is 0 Å². The molecule has 1 aliphatic carbocycles. The molecule has 1 aliphatic heterocycles. The van der Waals surface area contributed by atoms with Crippen molar-refractivity contribution in [1.29, 1.82) is 0 Å². The van der Waals surface area contributed by atoms with E-state index < -0.39 is 12.3 Å². The highest BCUT2D eigenvalue weighted by Crippen LogP contribution is 2.27. The Kier molecular flexibility index (Phi) is 3.35. The zero-order valence-corrected chi connectivity index (χ0v) is 10.2. The van der Waals surface area contributed by atoms with Crippen LogP contribution < -0.4 is 0 Å². The fourth-order valence-electron chi connectivity index (χ4n) is 2.48. The second kappa shape index (κ2) is 4.63. The molecule has 17 heavy (non-hydrogen) atoms. The van der Waals surface area contributed by atoms with Gasteiger partial charge in [-0.2, -0.15) is 0 Å². The third-order valence-corrected chi connectivity index (χ3v) is 3.50. The predicted molar refractivity (Wildman–Crippen MR) is 63.9 cm³/mol. The lowest BCUT2D eigenvalue weighted by Gasteiger charge is -2.30. The molecule has 1 fully saturated rings. The number of hydrogen-bond acceptors (Lipinski definition) is 3. The minimum Gasteiger partial charge on any atom is -0.388 e. The highest BCUT2D eigenvalue weighted by atomic mass is 16.4. The van der Waals surface area contributed by atoms with Crippen molar-refractivity contribution < 1.29 is 15.0 Å². The van der Waals surface area contributed by atoms with Gasteiger partial charge in [0.15, 0.2) is 6.23 Å². The van der Waals surface area contributed by atoms with Gasteiger partial charge in [-0.1, -0.05) is 25.2 Å². The average molecular weight is 237 g/mol. The Labute approximate surface area is 101 Å². The number of carbonyl (C=O) groups is 1. The third-order valence-electron chi connectivity index (χ3n) is 3.50. The van der Waals surface area contributed by atoms with Gasteiger partial charge < -0.3 is 15.1 Å². The molecule has 0 aromatic carbocycles. The van der Waals surface area contributed by atoms with Crippen LogP contribution in [-0.2, 0) is 4.79 Å². The van der Waals surface area contributed by atoms with Crippen LogP contribution in [0.2, 0.25) is 0 Å². The molecule has 0 saturated carbocycles. The molecular weight excluding hydrogens is 218 g/mol. The molecule has 1 amide bonds. The number of carbonyl (C=O) groups excluding carboxylic acids is 1. The zero-order valence-electron chi connectivity index (χ0n) is 10.2. The number of likely N-dealkylation sites (tertiary alicyclic amines) is 1. The summed E-state index contributed by atoms with van der Waals surface area (Å²) in [6.07, 6.45) is 5.18. The molecule has 1 saturated heterocycles. The van der Waals surface area contributed by atoms with Crippen molar-refractivity contribution in [1.82, 2.24) is 4.90 Å². The predicted octanol–water partition coefficient (Wildman–Crippen LogP) is 0.809. The van der Waals surface area contributed by atoms with Crippen LogP contribution in [0.25, 0.3) is 0 Å². The zero-order chi connectivity index (χ0) is 12.6. The Morgan fingerprint density at radius 1 is 1.47 bits per heavy atom. The van der Waals surface area contributed by atoms with Gasteiger partial charge in [0, 0.05) is 0 Å². The lowest BCUT2D eigenvalue weighted by molar-refractivity contribution is -0.136. The maximum atomic E-state index is 11.7. The second-order valence-corrected chi connectivity index (χ2v) is 4.94. The van der Waals surface area contributed by atoms with Crippen LogP contribution in [0, 0.1) is 5.92 Å². The maximum absolute atomic E-state index is 11.7. The van der Waals surface area contributed by atoms with E-state index in [0.29, 0.717) is 5.92 Å². The Bertz CT molecular complexity index is 375. The third kappa shape index (κ3) is 2.28. The van der Waals surface area contributed by atoms with Gasteiger partial charge in [-0.3, -0.25) is 4.79 Å². The van der Waals surface area contributed by atoms with E-state index in [1.165, 1.54) is 4.90 Å². The average Bonchev–Trinajstić information content (AvgIpc) is 2.52. The van der Waals surface area contributed by atoms with Gasteiger partial charge in [0.25, 0.3) is 0 Å². The SMILES string of the molecule is CC1C=C([C@H](C)N2C(=O)C[C@@H](O)C2O)C=CC1. The first kappa shape index (κ1) is 12.3. The molecule has 2 rings (SSSR count). The molecule has 94 valence electrons. The standard InChI is InChI=1S/C13H19NO3/c1-8-4-3-5-10(6-8)9(2)14-12(16)7-11(15)13(14)17/h3,5-6,8-9,11,13,15,17H,4,7H2,1-2H3/t8?,9-,11+,13?/m0/s1. The molecule has 0 aromatic heterocycles. The number of aliphatic hydroxyl groups is 2. The molecule has 0 spiro atoms. The van der Waals surface area contributed by atoms with E-state index in [1.807, 2.05) is 13.0 Å². The molecule has 1 heterocycles. The van der Waals surface area contributed by atoms with Crippen molar-refractivity contribution in [2.75, 3.05) is 0 Å². The number of rotatable bonds is 2. The Hall–Kier alpha value is -1.13. The summed E-state index contributed by atoms with van der Waals surface area (Å²) in [4.78, 5) is 13.1. The number of allylic oxidation sites excluding steroid dienone is 2. The van der Waals surface area contributed by atoms with Crippen LogP contribution in [0.3, 0.4) is 0 Å². The van der Waals surface area contributed by atoms with Crippen LogP contribution in [0.1, 0.15) is 26.7 Å². The van der Waals surface area contributed by atoms with Crippen molar-refractivity contribution >= 4 is 5.91 Å². The molecule has 0 radical (unpaired) electrons. The fourth-order valence-corrected chi connectivity index (χ4v) is 2.48. The Balaban J connectivity index is 2.17. The molecule has 0 bridgehead atoms. The lowest BCUT2D eigenvalue weighted by atomic mass is 9.94. The van der Waals surface area contributed by atoms with E-state index in [2.05, 4.69) is 19.1 Å².